The highest BCUT2D eigenvalue weighted by Gasteiger charge is 2.34. The zero-order chi connectivity index (χ0) is 28.1. The lowest BCUT2D eigenvalue weighted by Gasteiger charge is -2.38. The molecule has 1 aliphatic rings. The Morgan fingerprint density at radius 1 is 1.21 bits per heavy atom. The summed E-state index contributed by atoms with van der Waals surface area (Å²) in [7, 11) is 1.98. The Morgan fingerprint density at radius 3 is 2.64 bits per heavy atom. The molecule has 0 bridgehead atoms. The first-order chi connectivity index (χ1) is 18.7. The molecule has 4 rings (SSSR count). The van der Waals surface area contributed by atoms with E-state index in [2.05, 4.69) is 15.2 Å². The number of fused-ring (bicyclic) bond motifs is 1. The van der Waals surface area contributed by atoms with Gasteiger partial charge in [0.05, 0.1) is 33.9 Å². The van der Waals surface area contributed by atoms with Gasteiger partial charge in [0.25, 0.3) is 11.8 Å². The number of anilines is 1. The van der Waals surface area contributed by atoms with Crippen LogP contribution in [-0.4, -0.2) is 70.6 Å². The molecule has 8 nitrogen and oxygen atoms in total. The van der Waals surface area contributed by atoms with Gasteiger partial charge in [0.1, 0.15) is 6.10 Å². The van der Waals surface area contributed by atoms with Crippen molar-refractivity contribution in [2.45, 2.75) is 32.5 Å². The van der Waals surface area contributed by atoms with Crippen LogP contribution in [0.2, 0.25) is 10.0 Å². The normalized spacial score (nSPS) is 18.1. The number of aromatic nitrogens is 1. The minimum atomic E-state index is -0.393. The third-order valence-electron chi connectivity index (χ3n) is 6.81. The van der Waals surface area contributed by atoms with Crippen molar-refractivity contribution in [2.24, 2.45) is 5.92 Å². The predicted octanol–water partition coefficient (Wildman–Crippen LogP) is 4.99. The highest BCUT2D eigenvalue weighted by atomic mass is 35.5. The van der Waals surface area contributed by atoms with E-state index in [-0.39, 0.29) is 30.4 Å². The van der Waals surface area contributed by atoms with Crippen LogP contribution >= 0.6 is 23.2 Å². The fraction of sp³-hybridized carbons (Fsp3) is 0.345. The molecule has 0 fully saturated rings. The molecule has 2 aromatic carbocycles. The Balaban J connectivity index is 1.66. The number of aliphatic hydroxyl groups is 1. The van der Waals surface area contributed by atoms with E-state index in [1.165, 1.54) is 0 Å². The fourth-order valence-electron chi connectivity index (χ4n) is 4.58. The Labute approximate surface area is 238 Å². The van der Waals surface area contributed by atoms with Crippen molar-refractivity contribution in [1.29, 1.82) is 0 Å². The minimum absolute atomic E-state index is 0.0867. The molecule has 1 aliphatic heterocycles. The monoisotopic (exact) mass is 570 g/mol. The molecule has 0 saturated heterocycles. The second-order valence-corrected chi connectivity index (χ2v) is 10.8. The molecule has 1 aromatic heterocycles. The summed E-state index contributed by atoms with van der Waals surface area (Å²) in [6.07, 6.45) is 2.75. The lowest BCUT2D eigenvalue weighted by Crippen LogP contribution is -2.49. The number of carbonyl (C=O) groups excluding carboxylic acids is 2. The summed E-state index contributed by atoms with van der Waals surface area (Å²) < 4.78 is 6.57. The van der Waals surface area contributed by atoms with Crippen molar-refractivity contribution in [3.05, 3.63) is 87.7 Å². The molecule has 0 aliphatic carbocycles. The molecular formula is C29H32Cl2N4O4. The largest absolute Gasteiger partial charge is 0.486 e. The van der Waals surface area contributed by atoms with E-state index in [1.807, 2.05) is 33.0 Å². The Morgan fingerprint density at radius 2 is 1.95 bits per heavy atom. The van der Waals surface area contributed by atoms with Gasteiger partial charge >= 0.3 is 0 Å². The van der Waals surface area contributed by atoms with Crippen LogP contribution in [-0.2, 0) is 6.54 Å². The summed E-state index contributed by atoms with van der Waals surface area (Å²) in [4.78, 5) is 34.4. The van der Waals surface area contributed by atoms with E-state index in [9.17, 15) is 14.7 Å². The number of rotatable bonds is 8. The molecule has 0 unspecified atom stereocenters. The van der Waals surface area contributed by atoms with Crippen molar-refractivity contribution in [3.8, 4) is 5.75 Å². The SMILES string of the molecule is C[C@H]1CN([C@@H](C)CO)C(=O)c2cccc(NC(=O)c3ccncc3)c2O[C@@H]1CN(C)Cc1ccc(Cl)c(Cl)c1. The summed E-state index contributed by atoms with van der Waals surface area (Å²) in [5.41, 5.74) is 2.15. The van der Waals surface area contributed by atoms with Crippen LogP contribution in [0.3, 0.4) is 0 Å². The maximum absolute atomic E-state index is 13.7. The predicted molar refractivity (Wildman–Crippen MR) is 153 cm³/mol. The Kier molecular flexibility index (Phi) is 9.45. The van der Waals surface area contributed by atoms with Gasteiger partial charge in [-0.15, -0.1) is 0 Å². The van der Waals surface area contributed by atoms with Crippen LogP contribution in [0.4, 0.5) is 5.69 Å². The van der Waals surface area contributed by atoms with Crippen LogP contribution < -0.4 is 10.1 Å². The zero-order valence-corrected chi connectivity index (χ0v) is 23.6. The maximum Gasteiger partial charge on any atom is 0.258 e. The number of pyridine rings is 1. The number of halogens is 2. The minimum Gasteiger partial charge on any atom is -0.486 e. The molecule has 39 heavy (non-hydrogen) atoms. The number of ether oxygens (including phenoxy) is 1. The average molecular weight is 572 g/mol. The number of para-hydroxylation sites is 1. The van der Waals surface area contributed by atoms with Gasteiger partial charge < -0.3 is 20.1 Å². The first-order valence-corrected chi connectivity index (χ1v) is 13.5. The van der Waals surface area contributed by atoms with Crippen LogP contribution in [0.15, 0.2) is 60.9 Å². The second-order valence-electron chi connectivity index (χ2n) is 9.94. The smallest absolute Gasteiger partial charge is 0.258 e. The van der Waals surface area contributed by atoms with Gasteiger partial charge in [0, 0.05) is 43.5 Å². The van der Waals surface area contributed by atoms with E-state index in [1.54, 1.807) is 53.7 Å². The Hall–Kier alpha value is -3.17. The van der Waals surface area contributed by atoms with Crippen molar-refractivity contribution in [3.63, 3.8) is 0 Å². The number of hydrogen-bond donors (Lipinski definition) is 2. The lowest BCUT2D eigenvalue weighted by atomic mass is 9.98. The number of benzene rings is 2. The summed E-state index contributed by atoms with van der Waals surface area (Å²) in [6, 6.07) is 13.5. The number of likely N-dealkylation sites (N-methyl/N-ethyl adjacent to an activating group) is 1. The van der Waals surface area contributed by atoms with Crippen LogP contribution in [0.5, 0.6) is 5.75 Å². The molecule has 2 amide bonds. The fourth-order valence-corrected chi connectivity index (χ4v) is 4.90. The first kappa shape index (κ1) is 28.8. The van der Waals surface area contributed by atoms with Crippen molar-refractivity contribution >= 4 is 40.7 Å². The van der Waals surface area contributed by atoms with Gasteiger partial charge in [0.15, 0.2) is 5.75 Å². The average Bonchev–Trinajstić information content (AvgIpc) is 2.93. The van der Waals surface area contributed by atoms with Gasteiger partial charge in [-0.3, -0.25) is 19.5 Å². The number of carbonyl (C=O) groups is 2. The molecule has 0 radical (unpaired) electrons. The molecule has 3 aromatic rings. The molecular weight excluding hydrogens is 539 g/mol. The summed E-state index contributed by atoms with van der Waals surface area (Å²) >= 11 is 12.3. The van der Waals surface area contributed by atoms with Gasteiger partial charge in [-0.25, -0.2) is 0 Å². The van der Waals surface area contributed by atoms with E-state index in [4.69, 9.17) is 27.9 Å². The first-order valence-electron chi connectivity index (χ1n) is 12.7. The van der Waals surface area contributed by atoms with Gasteiger partial charge in [0.2, 0.25) is 0 Å². The van der Waals surface area contributed by atoms with Crippen molar-refractivity contribution in [2.75, 3.05) is 32.1 Å². The highest BCUT2D eigenvalue weighted by molar-refractivity contribution is 6.42. The van der Waals surface area contributed by atoms with E-state index < -0.39 is 6.04 Å². The molecule has 0 saturated carbocycles. The van der Waals surface area contributed by atoms with E-state index in [0.29, 0.717) is 52.2 Å². The maximum atomic E-state index is 13.7. The third kappa shape index (κ3) is 6.89. The number of nitrogens with zero attached hydrogens (tertiary/aromatic N) is 3. The van der Waals surface area contributed by atoms with Gasteiger partial charge in [-0.2, -0.15) is 0 Å². The van der Waals surface area contributed by atoms with E-state index in [0.717, 1.165) is 5.56 Å². The molecule has 10 heteroatoms. The molecule has 2 heterocycles. The topological polar surface area (TPSA) is 95.0 Å². The molecule has 0 spiro atoms. The van der Waals surface area contributed by atoms with Crippen LogP contribution in [0.25, 0.3) is 0 Å². The number of amides is 2. The zero-order valence-electron chi connectivity index (χ0n) is 22.1. The number of aliphatic hydroxyl groups excluding tert-OH is 1. The molecule has 206 valence electrons. The molecule has 2 N–H and O–H groups in total. The van der Waals surface area contributed by atoms with Gasteiger partial charge in [-0.05, 0) is 55.9 Å². The number of hydrogen-bond acceptors (Lipinski definition) is 6. The summed E-state index contributed by atoms with van der Waals surface area (Å²) in [5.74, 6) is -0.386. The highest BCUT2D eigenvalue weighted by Crippen LogP contribution is 2.35. The number of nitrogens with one attached hydrogen (secondary N) is 1. The summed E-state index contributed by atoms with van der Waals surface area (Å²) in [5, 5.41) is 13.8. The van der Waals surface area contributed by atoms with Crippen molar-refractivity contribution in [1.82, 2.24) is 14.8 Å². The van der Waals surface area contributed by atoms with Crippen LogP contribution in [0, 0.1) is 5.92 Å². The third-order valence-corrected chi connectivity index (χ3v) is 7.55. The van der Waals surface area contributed by atoms with Crippen molar-refractivity contribution < 1.29 is 19.4 Å². The second kappa shape index (κ2) is 12.8. The van der Waals surface area contributed by atoms with Gasteiger partial charge in [-0.1, -0.05) is 42.3 Å². The Bertz CT molecular complexity index is 1320. The van der Waals surface area contributed by atoms with E-state index >= 15 is 0 Å². The lowest BCUT2D eigenvalue weighted by molar-refractivity contribution is 0.0343. The quantitative estimate of drug-likeness (QED) is 0.396. The molecule has 3 atom stereocenters. The van der Waals surface area contributed by atoms with Crippen LogP contribution in [0.1, 0.15) is 40.1 Å². The standard InChI is InChI=1S/C29H32Cl2N4O4/c1-18-14-35(19(2)17-36)29(38)22-5-4-6-25(33-28(37)21-9-11-32-12-10-21)27(22)39-26(18)16-34(3)15-20-7-8-23(30)24(31)13-20/h4-13,18-19,26,36H,14-17H2,1-3H3,(H,33,37)/t18-,19-,26+/m0/s1. The summed E-state index contributed by atoms with van der Waals surface area (Å²) in [6.45, 7) is 5.20.